The lowest BCUT2D eigenvalue weighted by molar-refractivity contribution is -0.141. The van der Waals surface area contributed by atoms with Crippen LogP contribution >= 0.6 is 0 Å². The van der Waals surface area contributed by atoms with E-state index in [9.17, 15) is 23.1 Å². The number of carbonyl (C=O) groups excluding carboxylic acids is 1. The summed E-state index contributed by atoms with van der Waals surface area (Å²) in [4.78, 5) is 24.2. The molecule has 12 heteroatoms. The minimum atomic E-state index is -4.63. The van der Waals surface area contributed by atoms with Gasteiger partial charge in [-0.1, -0.05) is 12.0 Å². The zero-order chi connectivity index (χ0) is 32.9. The molecule has 1 unspecified atom stereocenters. The van der Waals surface area contributed by atoms with Crippen LogP contribution in [-0.2, 0) is 15.7 Å². The fraction of sp³-hybridized carbons (Fsp3) is 0.424. The zero-order valence-corrected chi connectivity index (χ0v) is 26.2. The van der Waals surface area contributed by atoms with Gasteiger partial charge in [0, 0.05) is 37.6 Å². The van der Waals surface area contributed by atoms with E-state index in [0.29, 0.717) is 43.5 Å². The number of morpholine rings is 1. The van der Waals surface area contributed by atoms with Gasteiger partial charge in [-0.2, -0.15) is 13.2 Å². The normalized spacial score (nSPS) is 15.0. The molecule has 3 heterocycles. The number of aliphatic hydroxyl groups is 1. The minimum absolute atomic E-state index is 0.0287. The number of hydrogen-bond donors (Lipinski definition) is 2. The van der Waals surface area contributed by atoms with E-state index in [1.165, 1.54) is 11.0 Å². The van der Waals surface area contributed by atoms with E-state index < -0.39 is 35.8 Å². The molecule has 3 aromatic rings. The molecule has 1 fully saturated rings. The Kier molecular flexibility index (Phi) is 10.3. The molecule has 1 aromatic carbocycles. The second-order valence-corrected chi connectivity index (χ2v) is 11.8. The molecule has 45 heavy (non-hydrogen) atoms. The molecule has 9 nitrogen and oxygen atoms in total. The fourth-order valence-corrected chi connectivity index (χ4v) is 4.49. The average molecular weight is 626 g/mol. The number of aryl methyl sites for hydroxylation is 1. The topological polar surface area (TPSA) is 100 Å². The van der Waals surface area contributed by atoms with Crippen LogP contribution in [0.5, 0.6) is 0 Å². The number of nitrogens with zero attached hydrogens (tertiary/aromatic N) is 4. The van der Waals surface area contributed by atoms with Gasteiger partial charge in [0.25, 0.3) is 0 Å². The Bertz CT molecular complexity index is 1570. The Morgan fingerprint density at radius 3 is 2.51 bits per heavy atom. The third-order valence-electron chi connectivity index (χ3n) is 7.06. The molecule has 0 bridgehead atoms. The van der Waals surface area contributed by atoms with Crippen molar-refractivity contribution in [3.05, 3.63) is 71.2 Å². The van der Waals surface area contributed by atoms with Gasteiger partial charge in [-0.05, 0) is 93.6 Å². The number of carbonyl (C=O) groups is 1. The smallest absolute Gasteiger partial charge is 0.433 e. The fourth-order valence-electron chi connectivity index (χ4n) is 4.49. The van der Waals surface area contributed by atoms with E-state index >= 15 is 0 Å². The first-order chi connectivity index (χ1) is 21.1. The number of alkyl halides is 3. The summed E-state index contributed by atoms with van der Waals surface area (Å²) >= 11 is 0. The third kappa shape index (κ3) is 9.09. The van der Waals surface area contributed by atoms with Crippen molar-refractivity contribution < 1.29 is 32.5 Å². The molecule has 1 aliphatic rings. The first-order valence-electron chi connectivity index (χ1n) is 14.5. The number of nitrogens with one attached hydrogen (secondary N) is 1. The van der Waals surface area contributed by atoms with Gasteiger partial charge in [-0.15, -0.1) is 0 Å². The summed E-state index contributed by atoms with van der Waals surface area (Å²) in [6.07, 6.45) is -5.50. The minimum Gasteiger partial charge on any atom is -0.444 e. The van der Waals surface area contributed by atoms with Gasteiger partial charge < -0.3 is 24.8 Å². The molecule has 240 valence electrons. The Morgan fingerprint density at radius 2 is 1.84 bits per heavy atom. The second-order valence-electron chi connectivity index (χ2n) is 11.8. The molecule has 1 saturated heterocycles. The van der Waals surface area contributed by atoms with Crippen LogP contribution in [0, 0.1) is 18.8 Å². The maximum atomic E-state index is 13.2. The number of aromatic nitrogens is 2. The standard InChI is InChI=1S/C33H38F3N5O4/c1-21-7-9-26(39-30(42)23-11-12-37-28(18-23)33(34,35)36)20-27(21)24-17-25(38-29(19-24)41-13-15-44-16-14-41)10-8-22(2)40(6)31(43)45-32(3,4)5/h7,9,11-12,17-20,22,30,39,42H,13-16H2,1-6H3/t22-,30?/m0/s1. The van der Waals surface area contributed by atoms with E-state index in [4.69, 9.17) is 14.5 Å². The predicted octanol–water partition coefficient (Wildman–Crippen LogP) is 6.02. The molecular weight excluding hydrogens is 587 g/mol. The van der Waals surface area contributed by atoms with Crippen LogP contribution in [0.2, 0.25) is 0 Å². The Labute approximate surface area is 261 Å². The Hall–Kier alpha value is -4.34. The van der Waals surface area contributed by atoms with Gasteiger partial charge in [0.1, 0.15) is 22.8 Å². The number of halogens is 3. The molecule has 2 N–H and O–H groups in total. The zero-order valence-electron chi connectivity index (χ0n) is 26.2. The van der Waals surface area contributed by atoms with Crippen LogP contribution in [0.3, 0.4) is 0 Å². The lowest BCUT2D eigenvalue weighted by Gasteiger charge is -2.28. The van der Waals surface area contributed by atoms with E-state index in [-0.39, 0.29) is 5.56 Å². The maximum Gasteiger partial charge on any atom is 0.433 e. The monoisotopic (exact) mass is 625 g/mol. The van der Waals surface area contributed by atoms with Crippen molar-refractivity contribution in [3.8, 4) is 23.0 Å². The molecule has 4 rings (SSSR count). The third-order valence-corrected chi connectivity index (χ3v) is 7.06. The number of benzene rings is 1. The van der Waals surface area contributed by atoms with E-state index in [2.05, 4.69) is 27.0 Å². The summed E-state index contributed by atoms with van der Waals surface area (Å²) < 4.78 is 50.5. The number of ether oxygens (including phenoxy) is 2. The highest BCUT2D eigenvalue weighted by Gasteiger charge is 2.33. The SMILES string of the molecule is Cc1ccc(NC(O)c2ccnc(C(F)(F)F)c2)cc1-c1cc(C#C[C@H](C)N(C)C(=O)OC(C)(C)C)nc(N2CCOCC2)c1. The number of hydrogen-bond acceptors (Lipinski definition) is 8. The molecule has 1 amide bonds. The molecule has 0 aliphatic carbocycles. The predicted molar refractivity (Wildman–Crippen MR) is 166 cm³/mol. The van der Waals surface area contributed by atoms with Crippen LogP contribution in [-0.4, -0.2) is 71.1 Å². The van der Waals surface area contributed by atoms with Crippen molar-refractivity contribution in [1.82, 2.24) is 14.9 Å². The number of amides is 1. The Morgan fingerprint density at radius 1 is 1.13 bits per heavy atom. The highest BCUT2D eigenvalue weighted by molar-refractivity contribution is 5.75. The van der Waals surface area contributed by atoms with E-state index in [1.54, 1.807) is 40.8 Å². The lowest BCUT2D eigenvalue weighted by atomic mass is 9.99. The number of aliphatic hydroxyl groups excluding tert-OH is 1. The molecular formula is C33H38F3N5O4. The highest BCUT2D eigenvalue weighted by Crippen LogP contribution is 2.32. The van der Waals surface area contributed by atoms with Crippen LogP contribution in [0.25, 0.3) is 11.1 Å². The van der Waals surface area contributed by atoms with Crippen molar-refractivity contribution in [2.75, 3.05) is 43.6 Å². The van der Waals surface area contributed by atoms with E-state index in [0.717, 1.165) is 29.0 Å². The first kappa shape index (κ1) is 33.6. The summed E-state index contributed by atoms with van der Waals surface area (Å²) in [6, 6.07) is 10.9. The molecule has 1 aliphatic heterocycles. The summed E-state index contributed by atoms with van der Waals surface area (Å²) in [5, 5.41) is 13.6. The van der Waals surface area contributed by atoms with Crippen LogP contribution in [0.15, 0.2) is 48.7 Å². The van der Waals surface area contributed by atoms with Crippen LogP contribution in [0.1, 0.15) is 56.4 Å². The summed E-state index contributed by atoms with van der Waals surface area (Å²) in [5.41, 5.74) is 1.85. The molecule has 0 saturated carbocycles. The quantitative estimate of drug-likeness (QED) is 0.254. The van der Waals surface area contributed by atoms with Gasteiger partial charge in [-0.25, -0.2) is 9.78 Å². The van der Waals surface area contributed by atoms with Gasteiger partial charge in [-0.3, -0.25) is 9.88 Å². The maximum absolute atomic E-state index is 13.2. The van der Waals surface area contributed by atoms with Crippen LogP contribution in [0.4, 0.5) is 29.5 Å². The summed E-state index contributed by atoms with van der Waals surface area (Å²) in [5.74, 6) is 6.92. The number of rotatable bonds is 6. The van der Waals surface area contributed by atoms with Crippen molar-refractivity contribution in [1.29, 1.82) is 0 Å². The van der Waals surface area contributed by atoms with Crippen molar-refractivity contribution in [2.45, 2.75) is 58.7 Å². The van der Waals surface area contributed by atoms with Crippen molar-refractivity contribution >= 4 is 17.6 Å². The van der Waals surface area contributed by atoms with Crippen molar-refractivity contribution in [3.63, 3.8) is 0 Å². The van der Waals surface area contributed by atoms with Gasteiger partial charge in [0.15, 0.2) is 6.23 Å². The van der Waals surface area contributed by atoms with Gasteiger partial charge >= 0.3 is 12.3 Å². The van der Waals surface area contributed by atoms with Gasteiger partial charge in [0.2, 0.25) is 0 Å². The number of pyridine rings is 2. The molecule has 2 aromatic heterocycles. The Balaban J connectivity index is 1.66. The highest BCUT2D eigenvalue weighted by atomic mass is 19.4. The summed E-state index contributed by atoms with van der Waals surface area (Å²) in [7, 11) is 1.63. The lowest BCUT2D eigenvalue weighted by Crippen LogP contribution is -2.38. The average Bonchev–Trinajstić information content (AvgIpc) is 2.99. The summed E-state index contributed by atoms with van der Waals surface area (Å²) in [6.45, 7) is 11.6. The largest absolute Gasteiger partial charge is 0.444 e. The molecule has 2 atom stereocenters. The first-order valence-corrected chi connectivity index (χ1v) is 14.5. The second kappa shape index (κ2) is 13.7. The number of anilines is 2. The van der Waals surface area contributed by atoms with Crippen molar-refractivity contribution in [2.24, 2.45) is 0 Å². The van der Waals surface area contributed by atoms with Crippen LogP contribution < -0.4 is 10.2 Å². The molecule has 0 spiro atoms. The van der Waals surface area contributed by atoms with Gasteiger partial charge in [0.05, 0.1) is 19.3 Å². The molecule has 0 radical (unpaired) electrons. The van der Waals surface area contributed by atoms with E-state index in [1.807, 2.05) is 31.2 Å².